The highest BCUT2D eigenvalue weighted by Crippen LogP contribution is 2.39. The Hall–Kier alpha value is -3.64. The standard InChI is InChI=1S/C27H36F3N9/c1-17-23(27(28,29)30)11-21(12-25(17)38-8-6-36(4)7-9-38)34-14-20-10-26(18(2)33-13-20)39(32)16-24(31)22-15-35-37(5)19(22)3/h10-13,15,31,34H,6-9,14,16,32H2,1-5H3. The average molecular weight is 544 g/mol. The maximum atomic E-state index is 13.9. The second-order valence-corrected chi connectivity index (χ2v) is 10.1. The first-order valence-electron chi connectivity index (χ1n) is 12.8. The van der Waals surface area contributed by atoms with Crippen molar-refractivity contribution < 1.29 is 13.2 Å². The quantitative estimate of drug-likeness (QED) is 0.225. The Morgan fingerprint density at radius 1 is 1.08 bits per heavy atom. The number of nitrogens with zero attached hydrogens (tertiary/aromatic N) is 6. The summed E-state index contributed by atoms with van der Waals surface area (Å²) in [5.41, 5.74) is 4.57. The summed E-state index contributed by atoms with van der Waals surface area (Å²) in [7, 11) is 3.83. The van der Waals surface area contributed by atoms with E-state index in [1.54, 1.807) is 23.1 Å². The molecule has 1 saturated heterocycles. The number of nitrogens with two attached hydrogens (primary N) is 1. The summed E-state index contributed by atoms with van der Waals surface area (Å²) in [6, 6.07) is 4.81. The molecule has 1 aliphatic rings. The minimum atomic E-state index is -4.46. The smallest absolute Gasteiger partial charge is 0.381 e. The number of hydrogen-bond acceptors (Lipinski definition) is 8. The molecule has 1 aromatic carbocycles. The van der Waals surface area contributed by atoms with E-state index in [1.807, 2.05) is 38.9 Å². The van der Waals surface area contributed by atoms with Crippen molar-refractivity contribution in [3.05, 3.63) is 64.2 Å². The van der Waals surface area contributed by atoms with Crippen LogP contribution in [0.4, 0.5) is 30.2 Å². The van der Waals surface area contributed by atoms with Crippen LogP contribution < -0.4 is 21.1 Å². The molecule has 4 rings (SSSR count). The van der Waals surface area contributed by atoms with E-state index in [-0.39, 0.29) is 18.7 Å². The van der Waals surface area contributed by atoms with Gasteiger partial charge in [0.15, 0.2) is 0 Å². The fourth-order valence-corrected chi connectivity index (χ4v) is 4.76. The van der Waals surface area contributed by atoms with Crippen molar-refractivity contribution in [2.24, 2.45) is 12.9 Å². The summed E-state index contributed by atoms with van der Waals surface area (Å²) in [6.07, 6.45) is -1.14. The Labute approximate surface area is 226 Å². The van der Waals surface area contributed by atoms with Crippen LogP contribution in [0.5, 0.6) is 0 Å². The topological polar surface area (TPSA) is 102 Å². The number of piperazine rings is 1. The van der Waals surface area contributed by atoms with Crippen molar-refractivity contribution in [3.63, 3.8) is 0 Å². The predicted octanol–water partition coefficient (Wildman–Crippen LogP) is 3.87. The van der Waals surface area contributed by atoms with Crippen LogP contribution in [0.15, 0.2) is 30.6 Å². The second kappa shape index (κ2) is 11.2. The van der Waals surface area contributed by atoms with Gasteiger partial charge in [-0.2, -0.15) is 18.3 Å². The molecule has 0 radical (unpaired) electrons. The zero-order valence-electron chi connectivity index (χ0n) is 23.0. The number of benzene rings is 1. The molecule has 1 fully saturated rings. The third kappa shape index (κ3) is 6.34. The molecule has 3 heterocycles. The number of aromatic nitrogens is 3. The molecule has 4 N–H and O–H groups in total. The number of aryl methyl sites for hydroxylation is 2. The van der Waals surface area contributed by atoms with E-state index in [2.05, 4.69) is 20.3 Å². The first-order valence-corrected chi connectivity index (χ1v) is 12.8. The predicted molar refractivity (Wildman–Crippen MR) is 148 cm³/mol. The number of nitrogens with one attached hydrogen (secondary N) is 2. The average Bonchev–Trinajstić information content (AvgIpc) is 3.22. The van der Waals surface area contributed by atoms with Gasteiger partial charge in [-0.25, -0.2) is 5.84 Å². The van der Waals surface area contributed by atoms with Crippen LogP contribution in [0.1, 0.15) is 33.6 Å². The van der Waals surface area contributed by atoms with Gasteiger partial charge in [0.1, 0.15) is 0 Å². The Morgan fingerprint density at radius 2 is 1.77 bits per heavy atom. The summed E-state index contributed by atoms with van der Waals surface area (Å²) in [6.45, 7) is 8.59. The molecule has 210 valence electrons. The van der Waals surface area contributed by atoms with Crippen LogP contribution in [0.25, 0.3) is 0 Å². The highest BCUT2D eigenvalue weighted by atomic mass is 19.4. The molecule has 0 amide bonds. The lowest BCUT2D eigenvalue weighted by atomic mass is 10.0. The van der Waals surface area contributed by atoms with E-state index in [0.717, 1.165) is 24.3 Å². The number of alkyl halides is 3. The van der Waals surface area contributed by atoms with E-state index in [4.69, 9.17) is 11.3 Å². The van der Waals surface area contributed by atoms with Gasteiger partial charge in [0.05, 0.1) is 35.4 Å². The summed E-state index contributed by atoms with van der Waals surface area (Å²) < 4.78 is 43.5. The fourth-order valence-electron chi connectivity index (χ4n) is 4.76. The molecule has 0 atom stereocenters. The monoisotopic (exact) mass is 543 g/mol. The Kier molecular flexibility index (Phi) is 8.17. The summed E-state index contributed by atoms with van der Waals surface area (Å²) in [5, 5.41) is 17.3. The lowest BCUT2D eigenvalue weighted by molar-refractivity contribution is -0.138. The molecule has 0 unspecified atom stereocenters. The van der Waals surface area contributed by atoms with E-state index in [1.165, 1.54) is 18.0 Å². The van der Waals surface area contributed by atoms with E-state index in [0.29, 0.717) is 47.1 Å². The molecule has 0 spiro atoms. The minimum absolute atomic E-state index is 0.146. The molecule has 0 aliphatic carbocycles. The number of likely N-dealkylation sites (N-methyl/N-ethyl adjacent to an activating group) is 1. The fraction of sp³-hybridized carbons (Fsp3) is 0.444. The van der Waals surface area contributed by atoms with Gasteiger partial charge in [-0.1, -0.05) is 0 Å². The minimum Gasteiger partial charge on any atom is -0.381 e. The molecule has 0 saturated carbocycles. The van der Waals surface area contributed by atoms with Crippen LogP contribution in [0.2, 0.25) is 0 Å². The Balaban J connectivity index is 1.53. The van der Waals surface area contributed by atoms with Crippen LogP contribution >= 0.6 is 0 Å². The third-order valence-electron chi connectivity index (χ3n) is 7.34. The van der Waals surface area contributed by atoms with Gasteiger partial charge in [-0.05, 0) is 57.1 Å². The number of rotatable bonds is 8. The first kappa shape index (κ1) is 28.4. The lowest BCUT2D eigenvalue weighted by Gasteiger charge is -2.35. The number of hydrazine groups is 1. The Bertz CT molecular complexity index is 1340. The van der Waals surface area contributed by atoms with E-state index in [9.17, 15) is 13.2 Å². The molecule has 9 nitrogen and oxygen atoms in total. The van der Waals surface area contributed by atoms with E-state index >= 15 is 0 Å². The van der Waals surface area contributed by atoms with Crippen molar-refractivity contribution in [2.75, 3.05) is 55.0 Å². The van der Waals surface area contributed by atoms with Crippen LogP contribution in [-0.2, 0) is 19.8 Å². The SMILES string of the molecule is Cc1ncc(CNc2cc(N3CCN(C)CC3)c(C)c(C(F)(F)F)c2)cc1N(N)CC(=N)c1cnn(C)c1C. The van der Waals surface area contributed by atoms with Crippen molar-refractivity contribution >= 4 is 22.8 Å². The molecular formula is C27H36F3N9. The van der Waals surface area contributed by atoms with Crippen LogP contribution in [0.3, 0.4) is 0 Å². The zero-order chi connectivity index (χ0) is 28.5. The lowest BCUT2D eigenvalue weighted by Crippen LogP contribution is -2.44. The second-order valence-electron chi connectivity index (χ2n) is 10.1. The van der Waals surface area contributed by atoms with Gasteiger partial charge in [0, 0.05) is 68.6 Å². The summed E-state index contributed by atoms with van der Waals surface area (Å²) in [5.74, 6) is 6.33. The maximum Gasteiger partial charge on any atom is 0.416 e. The maximum absolute atomic E-state index is 13.9. The number of halogens is 3. The molecule has 3 aromatic rings. The highest BCUT2D eigenvalue weighted by molar-refractivity contribution is 6.01. The van der Waals surface area contributed by atoms with Crippen molar-refractivity contribution in [2.45, 2.75) is 33.5 Å². The number of anilines is 3. The number of pyridine rings is 1. The summed E-state index contributed by atoms with van der Waals surface area (Å²) in [4.78, 5) is 8.63. The third-order valence-corrected chi connectivity index (χ3v) is 7.34. The highest BCUT2D eigenvalue weighted by Gasteiger charge is 2.34. The van der Waals surface area contributed by atoms with Crippen LogP contribution in [-0.4, -0.2) is 65.1 Å². The van der Waals surface area contributed by atoms with Gasteiger partial charge in [-0.15, -0.1) is 0 Å². The first-order chi connectivity index (χ1) is 18.3. The molecule has 1 aliphatic heterocycles. The van der Waals surface area contributed by atoms with Crippen molar-refractivity contribution in [1.82, 2.24) is 19.7 Å². The molecule has 39 heavy (non-hydrogen) atoms. The van der Waals surface area contributed by atoms with Gasteiger partial charge in [0.2, 0.25) is 0 Å². The molecule has 0 bridgehead atoms. The Morgan fingerprint density at radius 3 is 2.38 bits per heavy atom. The number of hydrogen-bond donors (Lipinski definition) is 3. The van der Waals surface area contributed by atoms with Crippen molar-refractivity contribution in [1.29, 1.82) is 5.41 Å². The molecule has 2 aromatic heterocycles. The van der Waals surface area contributed by atoms with E-state index < -0.39 is 11.7 Å². The zero-order valence-corrected chi connectivity index (χ0v) is 23.0. The largest absolute Gasteiger partial charge is 0.416 e. The molecular weight excluding hydrogens is 507 g/mol. The van der Waals surface area contributed by atoms with Gasteiger partial charge in [-0.3, -0.25) is 9.67 Å². The van der Waals surface area contributed by atoms with Crippen LogP contribution in [0, 0.1) is 26.2 Å². The van der Waals surface area contributed by atoms with Gasteiger partial charge < -0.3 is 25.5 Å². The van der Waals surface area contributed by atoms with Gasteiger partial charge in [0.25, 0.3) is 0 Å². The normalized spacial score (nSPS) is 14.5. The van der Waals surface area contributed by atoms with Gasteiger partial charge >= 0.3 is 6.18 Å². The van der Waals surface area contributed by atoms with Crippen molar-refractivity contribution in [3.8, 4) is 0 Å². The summed E-state index contributed by atoms with van der Waals surface area (Å²) >= 11 is 0. The molecule has 12 heteroatoms.